The van der Waals surface area contributed by atoms with Crippen molar-refractivity contribution in [1.82, 2.24) is 0 Å². The average molecular weight is 256 g/mol. The third-order valence-corrected chi connectivity index (χ3v) is 3.78. The number of ether oxygens (including phenoxy) is 1. The maximum atomic E-state index is 6.26. The molecule has 0 radical (unpaired) electrons. The molecule has 0 atom stereocenters. The van der Waals surface area contributed by atoms with Crippen LogP contribution >= 0.6 is 15.9 Å². The quantitative estimate of drug-likeness (QED) is 0.883. The maximum absolute atomic E-state index is 6.26. The minimum Gasteiger partial charge on any atom is -0.496 e. The van der Waals surface area contributed by atoms with Crippen molar-refractivity contribution >= 4 is 15.9 Å². The van der Waals surface area contributed by atoms with Crippen LogP contribution < -0.4 is 10.5 Å². The van der Waals surface area contributed by atoms with Crippen molar-refractivity contribution in [2.45, 2.75) is 24.8 Å². The highest BCUT2D eigenvalue weighted by Crippen LogP contribution is 2.44. The van der Waals surface area contributed by atoms with Gasteiger partial charge in [-0.05, 0) is 46.8 Å². The van der Waals surface area contributed by atoms with E-state index in [0.717, 1.165) is 23.1 Å². The highest BCUT2D eigenvalue weighted by molar-refractivity contribution is 9.10. The van der Waals surface area contributed by atoms with Gasteiger partial charge < -0.3 is 10.5 Å². The lowest BCUT2D eigenvalue weighted by Gasteiger charge is -2.39. The van der Waals surface area contributed by atoms with Crippen molar-refractivity contribution < 1.29 is 4.74 Å². The van der Waals surface area contributed by atoms with Gasteiger partial charge in [0.1, 0.15) is 5.75 Å². The number of halogens is 1. The van der Waals surface area contributed by atoms with Gasteiger partial charge in [-0.15, -0.1) is 0 Å². The van der Waals surface area contributed by atoms with Crippen LogP contribution in [0.5, 0.6) is 5.75 Å². The molecule has 0 bridgehead atoms. The summed E-state index contributed by atoms with van der Waals surface area (Å²) in [5.41, 5.74) is 7.30. The molecule has 0 heterocycles. The molecular formula is C11H14BrNO. The Kier molecular flexibility index (Phi) is 2.54. The zero-order valence-electron chi connectivity index (χ0n) is 8.22. The molecular weight excluding hydrogens is 242 g/mol. The van der Waals surface area contributed by atoms with E-state index in [0.29, 0.717) is 0 Å². The van der Waals surface area contributed by atoms with Crippen LogP contribution in [0.25, 0.3) is 0 Å². The summed E-state index contributed by atoms with van der Waals surface area (Å²) in [6.07, 6.45) is 3.36. The van der Waals surface area contributed by atoms with E-state index in [-0.39, 0.29) is 5.54 Å². The highest BCUT2D eigenvalue weighted by Gasteiger charge is 2.36. The third kappa shape index (κ3) is 1.44. The van der Waals surface area contributed by atoms with Crippen molar-refractivity contribution in [3.63, 3.8) is 0 Å². The van der Waals surface area contributed by atoms with Gasteiger partial charge in [-0.2, -0.15) is 0 Å². The van der Waals surface area contributed by atoms with Gasteiger partial charge in [0.2, 0.25) is 0 Å². The summed E-state index contributed by atoms with van der Waals surface area (Å²) in [6, 6.07) is 6.01. The minimum atomic E-state index is -0.132. The Morgan fingerprint density at radius 2 is 2.14 bits per heavy atom. The predicted octanol–water partition coefficient (Wildman–Crippen LogP) is 2.80. The molecule has 2 nitrogen and oxygen atoms in total. The molecule has 76 valence electrons. The summed E-state index contributed by atoms with van der Waals surface area (Å²) in [5.74, 6) is 0.860. The first-order valence-electron chi connectivity index (χ1n) is 4.79. The highest BCUT2D eigenvalue weighted by atomic mass is 79.9. The fourth-order valence-electron chi connectivity index (χ4n) is 1.88. The molecule has 1 aliphatic carbocycles. The van der Waals surface area contributed by atoms with Gasteiger partial charge in [0.25, 0.3) is 0 Å². The number of methoxy groups -OCH3 is 1. The molecule has 1 fully saturated rings. The Hall–Kier alpha value is -0.540. The molecule has 0 amide bonds. The third-order valence-electron chi connectivity index (χ3n) is 2.97. The second-order valence-corrected chi connectivity index (χ2v) is 4.62. The van der Waals surface area contributed by atoms with Crippen molar-refractivity contribution in [2.75, 3.05) is 7.11 Å². The number of nitrogens with two attached hydrogens (primary N) is 1. The summed E-state index contributed by atoms with van der Waals surface area (Å²) in [4.78, 5) is 0. The average Bonchev–Trinajstić information content (AvgIpc) is 2.15. The predicted molar refractivity (Wildman–Crippen MR) is 60.4 cm³/mol. The molecule has 1 saturated carbocycles. The molecule has 2 rings (SSSR count). The molecule has 1 aromatic carbocycles. The summed E-state index contributed by atoms with van der Waals surface area (Å²) in [7, 11) is 1.67. The van der Waals surface area contributed by atoms with Gasteiger partial charge in [0.15, 0.2) is 0 Å². The van der Waals surface area contributed by atoms with E-state index >= 15 is 0 Å². The molecule has 14 heavy (non-hydrogen) atoms. The fourth-order valence-corrected chi connectivity index (χ4v) is 2.70. The van der Waals surface area contributed by atoms with E-state index in [2.05, 4.69) is 22.0 Å². The lowest BCUT2D eigenvalue weighted by molar-refractivity contribution is 0.251. The molecule has 0 saturated heterocycles. The van der Waals surface area contributed by atoms with Gasteiger partial charge in [-0.3, -0.25) is 0 Å². The van der Waals surface area contributed by atoms with Gasteiger partial charge in [-0.25, -0.2) is 0 Å². The lowest BCUT2D eigenvalue weighted by atomic mass is 9.73. The molecule has 3 heteroatoms. The molecule has 2 N–H and O–H groups in total. The van der Waals surface area contributed by atoms with Gasteiger partial charge in [-0.1, -0.05) is 12.1 Å². The Labute approximate surface area is 92.6 Å². The van der Waals surface area contributed by atoms with Crippen LogP contribution in [0.1, 0.15) is 24.8 Å². The van der Waals surface area contributed by atoms with Crippen LogP contribution in [0.2, 0.25) is 0 Å². The van der Waals surface area contributed by atoms with Crippen LogP contribution in [-0.4, -0.2) is 7.11 Å². The number of benzene rings is 1. The lowest BCUT2D eigenvalue weighted by Crippen LogP contribution is -2.43. The van der Waals surface area contributed by atoms with E-state index in [4.69, 9.17) is 10.5 Å². The zero-order chi connectivity index (χ0) is 10.2. The summed E-state index contributed by atoms with van der Waals surface area (Å²) in [6.45, 7) is 0. The first-order valence-corrected chi connectivity index (χ1v) is 5.58. The summed E-state index contributed by atoms with van der Waals surface area (Å²) < 4.78 is 6.25. The number of rotatable bonds is 2. The SMILES string of the molecule is COc1cccc(C2(N)CCC2)c1Br. The van der Waals surface area contributed by atoms with Crippen LogP contribution in [0.4, 0.5) is 0 Å². The van der Waals surface area contributed by atoms with Gasteiger partial charge >= 0.3 is 0 Å². The normalized spacial score (nSPS) is 18.8. The van der Waals surface area contributed by atoms with Crippen molar-refractivity contribution in [3.05, 3.63) is 28.2 Å². The standard InChI is InChI=1S/C11H14BrNO/c1-14-9-5-2-4-8(10(9)12)11(13)6-3-7-11/h2,4-5H,3,6-7,13H2,1H3. The fraction of sp³-hybridized carbons (Fsp3) is 0.455. The molecule has 1 aromatic rings. The molecule has 0 unspecified atom stereocenters. The first kappa shape index (κ1) is 9.99. The molecule has 0 aliphatic heterocycles. The Bertz CT molecular complexity index is 347. The van der Waals surface area contributed by atoms with Crippen LogP contribution in [-0.2, 0) is 5.54 Å². The van der Waals surface area contributed by atoms with Crippen LogP contribution in [0.3, 0.4) is 0 Å². The summed E-state index contributed by atoms with van der Waals surface area (Å²) >= 11 is 3.55. The number of hydrogen-bond donors (Lipinski definition) is 1. The monoisotopic (exact) mass is 255 g/mol. The molecule has 1 aliphatic rings. The van der Waals surface area contributed by atoms with E-state index in [1.54, 1.807) is 7.11 Å². The maximum Gasteiger partial charge on any atom is 0.133 e. The van der Waals surface area contributed by atoms with E-state index in [1.807, 2.05) is 12.1 Å². The Morgan fingerprint density at radius 1 is 1.43 bits per heavy atom. The van der Waals surface area contributed by atoms with Crippen LogP contribution in [0, 0.1) is 0 Å². The topological polar surface area (TPSA) is 35.2 Å². The number of hydrogen-bond acceptors (Lipinski definition) is 2. The van der Waals surface area contributed by atoms with Crippen molar-refractivity contribution in [1.29, 1.82) is 0 Å². The van der Waals surface area contributed by atoms with Gasteiger partial charge in [0, 0.05) is 5.54 Å². The largest absolute Gasteiger partial charge is 0.496 e. The van der Waals surface area contributed by atoms with E-state index < -0.39 is 0 Å². The Balaban J connectivity index is 2.43. The Morgan fingerprint density at radius 3 is 2.64 bits per heavy atom. The first-order chi connectivity index (χ1) is 6.67. The smallest absolute Gasteiger partial charge is 0.133 e. The van der Waals surface area contributed by atoms with Crippen molar-refractivity contribution in [2.24, 2.45) is 5.73 Å². The van der Waals surface area contributed by atoms with E-state index in [1.165, 1.54) is 12.0 Å². The zero-order valence-corrected chi connectivity index (χ0v) is 9.80. The van der Waals surface area contributed by atoms with E-state index in [9.17, 15) is 0 Å². The summed E-state index contributed by atoms with van der Waals surface area (Å²) in [5, 5.41) is 0. The molecule has 0 aromatic heterocycles. The second-order valence-electron chi connectivity index (χ2n) is 3.83. The van der Waals surface area contributed by atoms with Gasteiger partial charge in [0.05, 0.1) is 11.6 Å². The van der Waals surface area contributed by atoms with Crippen LogP contribution in [0.15, 0.2) is 22.7 Å². The second kappa shape index (κ2) is 3.55. The molecule has 0 spiro atoms. The van der Waals surface area contributed by atoms with Crippen molar-refractivity contribution in [3.8, 4) is 5.75 Å². The minimum absolute atomic E-state index is 0.132.